The van der Waals surface area contributed by atoms with Crippen LogP contribution in [0, 0.1) is 19.4 Å². The fourth-order valence-electron chi connectivity index (χ4n) is 2.31. The molecule has 0 saturated heterocycles. The van der Waals surface area contributed by atoms with Crippen LogP contribution in [0.15, 0.2) is 67.0 Å². The van der Waals surface area contributed by atoms with E-state index >= 15 is 0 Å². The van der Waals surface area contributed by atoms with E-state index < -0.39 is 6.29 Å². The van der Waals surface area contributed by atoms with Crippen LogP contribution in [-0.4, -0.2) is 28.5 Å². The smallest absolute Gasteiger partial charge is 0.371 e. The van der Waals surface area contributed by atoms with Gasteiger partial charge in [-0.05, 0) is 12.1 Å². The van der Waals surface area contributed by atoms with Crippen LogP contribution >= 0.6 is 0 Å². The van der Waals surface area contributed by atoms with Crippen molar-refractivity contribution in [1.82, 2.24) is 9.97 Å². The third kappa shape index (κ3) is 8.40. The maximum atomic E-state index is 8.81. The molecule has 0 aliphatic heterocycles. The van der Waals surface area contributed by atoms with Crippen molar-refractivity contribution in [3.63, 3.8) is 0 Å². The van der Waals surface area contributed by atoms with Crippen molar-refractivity contribution in [3.8, 4) is 22.5 Å². The minimum absolute atomic E-state index is 0. The number of aliphatic hydroxyl groups is 1. The monoisotopic (exact) mass is 554 g/mol. The van der Waals surface area contributed by atoms with Crippen molar-refractivity contribution in [2.75, 3.05) is 7.11 Å². The molecular weight excluding hydrogens is 528 g/mol. The number of aromatic nitrogens is 2. The average molecular weight is 554 g/mol. The molecule has 2 heterocycles. The molecule has 3 aromatic rings. The number of benzene rings is 1. The SMILES string of the molecule is [CH2-]CC[CH-]CC(O)OC.[Ir+3].[c-]1c(-c2ccccn2)cccc1-c1ccccn1. The Morgan fingerprint density at radius 2 is 1.57 bits per heavy atom. The number of pyridine rings is 2. The van der Waals surface area contributed by atoms with E-state index in [9.17, 15) is 0 Å². The Balaban J connectivity index is 0.000000339. The molecule has 0 spiro atoms. The zero-order valence-corrected chi connectivity index (χ0v) is 18.3. The molecule has 28 heavy (non-hydrogen) atoms. The van der Waals surface area contributed by atoms with E-state index in [1.165, 1.54) is 7.11 Å². The van der Waals surface area contributed by atoms with Crippen LogP contribution in [-0.2, 0) is 24.8 Å². The van der Waals surface area contributed by atoms with Crippen molar-refractivity contribution < 1.29 is 29.9 Å². The minimum atomic E-state index is -0.628. The van der Waals surface area contributed by atoms with E-state index in [1.54, 1.807) is 12.4 Å². The number of hydrogen-bond acceptors (Lipinski definition) is 4. The van der Waals surface area contributed by atoms with E-state index in [1.807, 2.05) is 61.0 Å². The van der Waals surface area contributed by atoms with E-state index in [0.29, 0.717) is 6.42 Å². The van der Waals surface area contributed by atoms with Gasteiger partial charge in [-0.1, -0.05) is 35.4 Å². The number of aliphatic hydroxyl groups excluding tert-OH is 1. The number of ether oxygens (including phenoxy) is 1. The molecule has 0 bridgehead atoms. The molecule has 4 nitrogen and oxygen atoms in total. The molecule has 0 fully saturated rings. The van der Waals surface area contributed by atoms with Crippen LogP contribution in [0.4, 0.5) is 0 Å². The first-order valence-corrected chi connectivity index (χ1v) is 8.91. The van der Waals surface area contributed by atoms with Gasteiger partial charge in [-0.15, -0.1) is 30.7 Å². The Bertz CT molecular complexity index is 715. The number of unbranched alkanes of at least 4 members (excludes halogenated alkanes) is 2. The first kappa shape index (κ1) is 24.1. The van der Waals surface area contributed by atoms with E-state index in [-0.39, 0.29) is 20.1 Å². The summed E-state index contributed by atoms with van der Waals surface area (Å²) in [6, 6.07) is 21.1. The fraction of sp³-hybridized carbons (Fsp3) is 0.217. The van der Waals surface area contributed by atoms with Crippen LogP contribution in [0.3, 0.4) is 0 Å². The largest absolute Gasteiger partial charge is 3.00 e. The molecule has 0 saturated carbocycles. The van der Waals surface area contributed by atoms with Crippen molar-refractivity contribution in [3.05, 3.63) is 86.4 Å². The topological polar surface area (TPSA) is 55.2 Å². The Hall–Kier alpha value is -1.91. The Kier molecular flexibility index (Phi) is 12.2. The number of rotatable bonds is 7. The van der Waals surface area contributed by atoms with Gasteiger partial charge in [-0.25, -0.2) is 12.8 Å². The molecule has 2 aromatic heterocycles. The Labute approximate surface area is 181 Å². The molecule has 3 rings (SSSR count). The molecule has 5 heteroatoms. The van der Waals surface area contributed by atoms with Gasteiger partial charge in [0.1, 0.15) is 6.29 Å². The van der Waals surface area contributed by atoms with Crippen molar-refractivity contribution in [2.24, 2.45) is 0 Å². The van der Waals surface area contributed by atoms with Gasteiger partial charge in [-0.2, -0.15) is 0 Å². The molecule has 0 amide bonds. The molecule has 148 valence electrons. The second kappa shape index (κ2) is 14.1. The summed E-state index contributed by atoms with van der Waals surface area (Å²) >= 11 is 0. The molecule has 0 aliphatic rings. The summed E-state index contributed by atoms with van der Waals surface area (Å²) in [6.45, 7) is 3.65. The molecule has 1 atom stereocenters. The molecule has 1 aromatic carbocycles. The normalized spacial score (nSPS) is 11.0. The summed E-state index contributed by atoms with van der Waals surface area (Å²) in [4.78, 5) is 8.66. The summed E-state index contributed by atoms with van der Waals surface area (Å²) < 4.78 is 4.60. The van der Waals surface area contributed by atoms with Gasteiger partial charge in [0.2, 0.25) is 0 Å². The first-order chi connectivity index (χ1) is 13.2. The third-order valence-electron chi connectivity index (χ3n) is 3.73. The van der Waals surface area contributed by atoms with Crippen LogP contribution in [0.5, 0.6) is 0 Å². The van der Waals surface area contributed by atoms with E-state index in [0.717, 1.165) is 35.4 Å². The molecule has 1 N–H and O–H groups in total. The maximum absolute atomic E-state index is 8.81. The van der Waals surface area contributed by atoms with Crippen molar-refractivity contribution in [2.45, 2.75) is 25.6 Å². The first-order valence-electron chi connectivity index (χ1n) is 8.91. The van der Waals surface area contributed by atoms with Gasteiger partial charge >= 0.3 is 20.1 Å². The van der Waals surface area contributed by atoms with Crippen LogP contribution < -0.4 is 0 Å². The van der Waals surface area contributed by atoms with E-state index in [4.69, 9.17) is 5.11 Å². The molecule has 1 unspecified atom stereocenters. The summed E-state index contributed by atoms with van der Waals surface area (Å²) in [6.07, 6.45) is 7.36. The third-order valence-corrected chi connectivity index (χ3v) is 3.73. The van der Waals surface area contributed by atoms with Gasteiger partial charge in [0.05, 0.1) is 0 Å². The zero-order valence-electron chi connectivity index (χ0n) is 15.9. The maximum Gasteiger partial charge on any atom is 3.00 e. The second-order valence-corrected chi connectivity index (χ2v) is 5.77. The Morgan fingerprint density at radius 3 is 2.00 bits per heavy atom. The van der Waals surface area contributed by atoms with Gasteiger partial charge in [0.25, 0.3) is 0 Å². The summed E-state index contributed by atoms with van der Waals surface area (Å²) in [5.41, 5.74) is 3.82. The molecular formula is C23H25IrN2O2. The predicted octanol–water partition coefficient (Wildman–Crippen LogP) is 4.77. The number of hydrogen-bond donors (Lipinski definition) is 1. The molecule has 0 aliphatic carbocycles. The van der Waals surface area contributed by atoms with Gasteiger partial charge < -0.3 is 23.2 Å². The second-order valence-electron chi connectivity index (χ2n) is 5.77. The zero-order chi connectivity index (χ0) is 19.3. The quantitative estimate of drug-likeness (QED) is 0.260. The van der Waals surface area contributed by atoms with Gasteiger partial charge in [0, 0.05) is 30.9 Å². The van der Waals surface area contributed by atoms with Crippen molar-refractivity contribution >= 4 is 0 Å². The summed E-state index contributed by atoms with van der Waals surface area (Å²) in [5.74, 6) is 0. The van der Waals surface area contributed by atoms with Gasteiger partial charge in [0.15, 0.2) is 0 Å². The summed E-state index contributed by atoms with van der Waals surface area (Å²) in [5, 5.41) is 8.81. The van der Waals surface area contributed by atoms with E-state index in [2.05, 4.69) is 27.7 Å². The van der Waals surface area contributed by atoms with Crippen molar-refractivity contribution in [1.29, 1.82) is 0 Å². The molecule has 0 radical (unpaired) electrons. The number of methoxy groups -OCH3 is 1. The van der Waals surface area contributed by atoms with Crippen LogP contribution in [0.25, 0.3) is 22.5 Å². The fourth-order valence-corrected chi connectivity index (χ4v) is 2.31. The Morgan fingerprint density at radius 1 is 1.00 bits per heavy atom. The van der Waals surface area contributed by atoms with Crippen LogP contribution in [0.2, 0.25) is 0 Å². The van der Waals surface area contributed by atoms with Gasteiger partial charge in [-0.3, -0.25) is 9.97 Å². The standard InChI is InChI=1S/C16H11N2.C7H14O2.Ir/c1-3-10-17-15(8-1)13-6-5-7-14(12-13)16-9-2-4-11-18-16;1-3-4-5-6-7(8)9-2;/h1-11H;5,7-8H,1,3-4,6H2,2H3;/q-1;-2;+3. The summed E-state index contributed by atoms with van der Waals surface area (Å²) in [7, 11) is 1.49. The average Bonchev–Trinajstić information content (AvgIpc) is 2.75. The minimum Gasteiger partial charge on any atom is -0.371 e. The van der Waals surface area contributed by atoms with Crippen LogP contribution in [0.1, 0.15) is 19.3 Å². The number of nitrogens with zero attached hydrogens (tertiary/aromatic N) is 2. The predicted molar refractivity (Wildman–Crippen MR) is 108 cm³/mol.